The molecule has 0 aromatic rings. The molecule has 0 radical (unpaired) electrons. The summed E-state index contributed by atoms with van der Waals surface area (Å²) in [4.78, 5) is 58.2. The highest BCUT2D eigenvalue weighted by Crippen LogP contribution is 2.01. The van der Waals surface area contributed by atoms with Gasteiger partial charge in [-0.15, -0.1) is 0 Å². The molecule has 0 saturated carbocycles. The molecular formula is C25H48N6O7. The van der Waals surface area contributed by atoms with E-state index in [2.05, 4.69) is 16.0 Å². The Morgan fingerprint density at radius 3 is 1.42 bits per heavy atom. The largest absolute Gasteiger partial charge is 0.356 e. The van der Waals surface area contributed by atoms with Crippen LogP contribution in [-0.4, -0.2) is 89.3 Å². The lowest BCUT2D eigenvalue weighted by atomic mass is 10.2. The average Bonchev–Trinajstić information content (AvgIpc) is 2.89. The number of nitrogens with zero attached hydrogens (tertiary/aromatic N) is 2. The number of hydrogen-bond donors (Lipinski definition) is 6. The van der Waals surface area contributed by atoms with E-state index in [4.69, 9.17) is 5.73 Å². The second-order valence-corrected chi connectivity index (χ2v) is 9.18. The lowest BCUT2D eigenvalue weighted by Gasteiger charge is -2.14. The highest BCUT2D eigenvalue weighted by atomic mass is 16.5. The summed E-state index contributed by atoms with van der Waals surface area (Å²) in [6, 6.07) is 0. The number of nitrogens with one attached hydrogen (secondary N) is 3. The quantitative estimate of drug-likeness (QED) is 0.0618. The maximum atomic E-state index is 11.9. The third-order valence-electron chi connectivity index (χ3n) is 5.74. The van der Waals surface area contributed by atoms with Crippen LogP contribution in [0.5, 0.6) is 0 Å². The van der Waals surface area contributed by atoms with Crippen LogP contribution in [0.2, 0.25) is 0 Å². The van der Waals surface area contributed by atoms with Gasteiger partial charge >= 0.3 is 0 Å². The molecule has 0 atom stereocenters. The van der Waals surface area contributed by atoms with Crippen molar-refractivity contribution in [1.82, 2.24) is 26.1 Å². The van der Waals surface area contributed by atoms with Crippen molar-refractivity contribution >= 4 is 29.5 Å². The molecule has 0 aromatic heterocycles. The summed E-state index contributed by atoms with van der Waals surface area (Å²) in [7, 11) is 0. The van der Waals surface area contributed by atoms with E-state index in [1.54, 1.807) is 0 Å². The number of unbranched alkanes of at least 4 members (excludes halogenated alkanes) is 6. The van der Waals surface area contributed by atoms with Crippen LogP contribution in [0.15, 0.2) is 0 Å². The molecule has 5 amide bonds. The first-order chi connectivity index (χ1) is 18.2. The first kappa shape index (κ1) is 35.2. The molecular weight excluding hydrogens is 496 g/mol. The van der Waals surface area contributed by atoms with E-state index in [0.717, 1.165) is 44.9 Å². The van der Waals surface area contributed by atoms with Gasteiger partial charge in [-0.2, -0.15) is 0 Å². The Balaban J connectivity index is 3.61. The van der Waals surface area contributed by atoms with Gasteiger partial charge in [0.15, 0.2) is 0 Å². The van der Waals surface area contributed by atoms with E-state index in [9.17, 15) is 34.4 Å². The lowest BCUT2D eigenvalue weighted by molar-refractivity contribution is -0.166. The van der Waals surface area contributed by atoms with Gasteiger partial charge in [-0.05, 0) is 57.9 Å². The van der Waals surface area contributed by atoms with Gasteiger partial charge in [0.1, 0.15) is 0 Å². The number of hydroxylamine groups is 4. The Kier molecular flexibility index (Phi) is 21.7. The maximum Gasteiger partial charge on any atom is 0.246 e. The van der Waals surface area contributed by atoms with Crippen LogP contribution < -0.4 is 21.7 Å². The molecule has 0 fully saturated rings. The minimum atomic E-state index is -0.473. The maximum absolute atomic E-state index is 11.9. The highest BCUT2D eigenvalue weighted by molar-refractivity contribution is 5.84. The summed E-state index contributed by atoms with van der Waals surface area (Å²) < 4.78 is 0. The standard InChI is InChI=1S/C25H48N6O7/c1-21(32)30(37)19-10-4-8-18-28-23(34)12-11-22(33)27-16-6-3-7-17-29-24(35)13-14-25(36)31(38)20-9-2-5-15-26/h37-38H,2-20,26H2,1H3,(H,27,33)(H,28,34)(H,29,35). The molecule has 220 valence electrons. The molecule has 0 aliphatic rings. The summed E-state index contributed by atoms with van der Waals surface area (Å²) in [5.41, 5.74) is 5.40. The zero-order chi connectivity index (χ0) is 28.6. The molecule has 0 saturated heterocycles. The van der Waals surface area contributed by atoms with Crippen LogP contribution in [0.1, 0.15) is 90.4 Å². The van der Waals surface area contributed by atoms with Crippen molar-refractivity contribution in [3.05, 3.63) is 0 Å². The van der Waals surface area contributed by atoms with Crippen molar-refractivity contribution in [2.75, 3.05) is 39.3 Å². The number of rotatable bonds is 23. The molecule has 0 aliphatic carbocycles. The van der Waals surface area contributed by atoms with Crippen LogP contribution in [0.4, 0.5) is 0 Å². The second kappa shape index (κ2) is 23.4. The van der Waals surface area contributed by atoms with Gasteiger partial charge in [-0.1, -0.05) is 6.42 Å². The first-order valence-electron chi connectivity index (χ1n) is 13.6. The lowest BCUT2D eigenvalue weighted by Crippen LogP contribution is -2.31. The van der Waals surface area contributed by atoms with Crippen molar-refractivity contribution in [2.45, 2.75) is 90.4 Å². The van der Waals surface area contributed by atoms with Crippen molar-refractivity contribution in [1.29, 1.82) is 0 Å². The van der Waals surface area contributed by atoms with E-state index in [0.29, 0.717) is 49.1 Å². The van der Waals surface area contributed by atoms with Gasteiger partial charge in [0.05, 0.1) is 0 Å². The first-order valence-corrected chi connectivity index (χ1v) is 13.6. The van der Waals surface area contributed by atoms with Crippen LogP contribution in [0.25, 0.3) is 0 Å². The Hall–Kier alpha value is -2.77. The zero-order valence-corrected chi connectivity index (χ0v) is 22.8. The van der Waals surface area contributed by atoms with Crippen LogP contribution in [0, 0.1) is 0 Å². The molecule has 0 unspecified atom stereocenters. The van der Waals surface area contributed by atoms with Gasteiger partial charge in [-0.3, -0.25) is 34.4 Å². The summed E-state index contributed by atoms with van der Waals surface area (Å²) in [6.07, 6.45) is 6.93. The zero-order valence-electron chi connectivity index (χ0n) is 22.8. The van der Waals surface area contributed by atoms with E-state index in [-0.39, 0.29) is 56.5 Å². The predicted molar refractivity (Wildman–Crippen MR) is 141 cm³/mol. The van der Waals surface area contributed by atoms with Crippen LogP contribution in [-0.2, 0) is 24.0 Å². The summed E-state index contributed by atoms with van der Waals surface area (Å²) in [5.74, 6) is -1.50. The van der Waals surface area contributed by atoms with Crippen molar-refractivity contribution < 1.29 is 34.4 Å². The molecule has 0 heterocycles. The SMILES string of the molecule is CC(=O)N(O)CCCCCNC(=O)CCC(=O)NCCCCCNC(=O)CCC(=O)N(O)CCCCCN. The van der Waals surface area contributed by atoms with Gasteiger partial charge < -0.3 is 21.7 Å². The molecule has 7 N–H and O–H groups in total. The summed E-state index contributed by atoms with van der Waals surface area (Å²) in [6.45, 7) is 3.81. The number of amides is 5. The van der Waals surface area contributed by atoms with Crippen molar-refractivity contribution in [2.24, 2.45) is 5.73 Å². The molecule has 13 nitrogen and oxygen atoms in total. The molecule has 13 heteroatoms. The van der Waals surface area contributed by atoms with E-state index < -0.39 is 11.8 Å². The minimum absolute atomic E-state index is 0.0197. The Morgan fingerprint density at radius 1 is 0.579 bits per heavy atom. The number of carbonyl (C=O) groups excluding carboxylic acids is 5. The van der Waals surface area contributed by atoms with Crippen LogP contribution >= 0.6 is 0 Å². The smallest absolute Gasteiger partial charge is 0.246 e. The molecule has 38 heavy (non-hydrogen) atoms. The fourth-order valence-corrected chi connectivity index (χ4v) is 3.38. The molecule has 0 aliphatic heterocycles. The normalized spacial score (nSPS) is 10.5. The van der Waals surface area contributed by atoms with Gasteiger partial charge in [-0.25, -0.2) is 10.1 Å². The summed E-state index contributed by atoms with van der Waals surface area (Å²) >= 11 is 0. The monoisotopic (exact) mass is 544 g/mol. The van der Waals surface area contributed by atoms with Gasteiger partial charge in [0, 0.05) is 65.3 Å². The second-order valence-electron chi connectivity index (χ2n) is 9.18. The topological polar surface area (TPSA) is 194 Å². The minimum Gasteiger partial charge on any atom is -0.356 e. The third-order valence-corrected chi connectivity index (χ3v) is 5.74. The summed E-state index contributed by atoms with van der Waals surface area (Å²) in [5, 5.41) is 28.5. The predicted octanol–water partition coefficient (Wildman–Crippen LogP) is 0.821. The fraction of sp³-hybridized carbons (Fsp3) is 0.800. The number of hydrogen-bond acceptors (Lipinski definition) is 8. The van der Waals surface area contributed by atoms with E-state index >= 15 is 0 Å². The van der Waals surface area contributed by atoms with Crippen molar-refractivity contribution in [3.8, 4) is 0 Å². The van der Waals surface area contributed by atoms with E-state index in [1.807, 2.05) is 0 Å². The Morgan fingerprint density at radius 2 is 0.974 bits per heavy atom. The van der Waals surface area contributed by atoms with E-state index in [1.165, 1.54) is 6.92 Å². The van der Waals surface area contributed by atoms with Crippen LogP contribution in [0.3, 0.4) is 0 Å². The van der Waals surface area contributed by atoms with Crippen molar-refractivity contribution in [3.63, 3.8) is 0 Å². The number of nitrogens with two attached hydrogens (primary N) is 1. The highest BCUT2D eigenvalue weighted by Gasteiger charge is 2.12. The Bertz CT molecular complexity index is 708. The third kappa shape index (κ3) is 21.3. The molecule has 0 aromatic carbocycles. The van der Waals surface area contributed by atoms with Gasteiger partial charge in [0.25, 0.3) is 0 Å². The molecule has 0 bridgehead atoms. The average molecular weight is 545 g/mol. The molecule has 0 spiro atoms. The molecule has 0 rings (SSSR count). The fourth-order valence-electron chi connectivity index (χ4n) is 3.38. The van der Waals surface area contributed by atoms with Gasteiger partial charge in [0.2, 0.25) is 29.5 Å². The Labute approximate surface area is 225 Å². The number of carbonyl (C=O) groups is 5.